The van der Waals surface area contributed by atoms with Gasteiger partial charge in [-0.2, -0.15) is 0 Å². The van der Waals surface area contributed by atoms with Gasteiger partial charge in [0.2, 0.25) is 11.8 Å². The highest BCUT2D eigenvalue weighted by molar-refractivity contribution is 6.04. The number of rotatable bonds is 6. The van der Waals surface area contributed by atoms with Crippen molar-refractivity contribution in [3.05, 3.63) is 97.8 Å². The van der Waals surface area contributed by atoms with Gasteiger partial charge in [0.1, 0.15) is 11.4 Å². The van der Waals surface area contributed by atoms with Crippen molar-refractivity contribution in [1.82, 2.24) is 24.3 Å². The number of hydrogen-bond acceptors (Lipinski definition) is 7. The Morgan fingerprint density at radius 2 is 1.72 bits per heavy atom. The third-order valence-corrected chi connectivity index (χ3v) is 9.51. The number of anilines is 1. The minimum Gasteiger partial charge on any atom is -0.481 e. The number of nitrogens with one attached hydrogen (secondary N) is 2. The van der Waals surface area contributed by atoms with Crippen molar-refractivity contribution in [3.8, 4) is 28.3 Å². The standard InChI is InChI=1S/C34H32F2N6O5/c1-40-15-22(32(45)41(2)33(40)46)30(44)37-23-9-5-7-20(29(23)36)19-6-4-8-21(28(19)35)24-14-18-10-11-25(27(18)31(38-24)47-3)42-16-34(17-42)13-12-26(43)39-34/h4-9,14-15,25H,10-13,16-17H2,1-3H3,(H,37,44)(H,39,43)/t25-/m0/s1. The summed E-state index contributed by atoms with van der Waals surface area (Å²) in [7, 11) is 4.16. The molecule has 2 amide bonds. The van der Waals surface area contributed by atoms with Crippen LogP contribution < -0.4 is 26.6 Å². The number of aryl methyl sites for hydroxylation is 2. The van der Waals surface area contributed by atoms with Crippen molar-refractivity contribution in [2.45, 2.75) is 37.3 Å². The number of aromatic nitrogens is 3. The van der Waals surface area contributed by atoms with Gasteiger partial charge in [0.25, 0.3) is 11.5 Å². The van der Waals surface area contributed by atoms with Crippen molar-refractivity contribution >= 4 is 17.5 Å². The van der Waals surface area contributed by atoms with Crippen molar-refractivity contribution in [2.24, 2.45) is 14.1 Å². The average Bonchev–Trinajstić information content (AvgIpc) is 3.65. The second-order valence-electron chi connectivity index (χ2n) is 12.5. The molecule has 1 aliphatic carbocycles. The Balaban J connectivity index is 1.18. The second-order valence-corrected chi connectivity index (χ2v) is 12.5. The summed E-state index contributed by atoms with van der Waals surface area (Å²) in [5, 5.41) is 5.50. The maximum atomic E-state index is 16.3. The van der Waals surface area contributed by atoms with Gasteiger partial charge < -0.3 is 19.9 Å². The Morgan fingerprint density at radius 3 is 2.43 bits per heavy atom. The molecule has 2 aromatic heterocycles. The van der Waals surface area contributed by atoms with E-state index in [-0.39, 0.29) is 45.4 Å². The van der Waals surface area contributed by atoms with Crippen LogP contribution in [0, 0.1) is 11.6 Å². The number of likely N-dealkylation sites (tertiary alicyclic amines) is 1. The summed E-state index contributed by atoms with van der Waals surface area (Å²) in [4.78, 5) is 56.3. The molecule has 2 N–H and O–H groups in total. The van der Waals surface area contributed by atoms with Crippen molar-refractivity contribution in [2.75, 3.05) is 25.5 Å². The number of ether oxygens (including phenoxy) is 1. The Hall–Kier alpha value is -5.17. The molecule has 13 heteroatoms. The topological polar surface area (TPSA) is 128 Å². The highest BCUT2D eigenvalue weighted by Crippen LogP contribution is 2.47. The molecule has 2 saturated heterocycles. The molecule has 11 nitrogen and oxygen atoms in total. The molecule has 3 aliphatic rings. The van der Waals surface area contributed by atoms with Crippen LogP contribution in [-0.2, 0) is 25.3 Å². The molecular weight excluding hydrogens is 610 g/mol. The minimum absolute atomic E-state index is 0.0437. The fraction of sp³-hybridized carbons (Fsp3) is 0.324. The first kappa shape index (κ1) is 30.5. The Labute approximate surface area is 267 Å². The third-order valence-electron chi connectivity index (χ3n) is 9.51. The molecule has 4 heterocycles. The van der Waals surface area contributed by atoms with Crippen LogP contribution in [0.5, 0.6) is 5.88 Å². The van der Waals surface area contributed by atoms with E-state index >= 15 is 8.78 Å². The SMILES string of the molecule is COc1nc(-c2cccc(-c3cccc(NC(=O)c4cn(C)c(=O)n(C)c4=O)c3F)c2F)cc2c1[C@@H](N1CC3(CCC(=O)N3)C1)CC2. The van der Waals surface area contributed by atoms with E-state index in [9.17, 15) is 19.2 Å². The Kier molecular flexibility index (Phi) is 7.31. The summed E-state index contributed by atoms with van der Waals surface area (Å²) in [5.41, 5.74) is 0.103. The van der Waals surface area contributed by atoms with E-state index in [4.69, 9.17) is 9.72 Å². The number of fused-ring (bicyclic) bond motifs is 1. The van der Waals surface area contributed by atoms with Crippen molar-refractivity contribution in [1.29, 1.82) is 0 Å². The lowest BCUT2D eigenvalue weighted by Crippen LogP contribution is -2.67. The van der Waals surface area contributed by atoms with Gasteiger partial charge in [0.05, 0.1) is 24.0 Å². The molecule has 0 bridgehead atoms. The summed E-state index contributed by atoms with van der Waals surface area (Å²) < 4.78 is 39.7. The number of pyridine rings is 1. The normalized spacial score (nSPS) is 18.1. The minimum atomic E-state index is -0.916. The predicted octanol–water partition coefficient (Wildman–Crippen LogP) is 3.30. The monoisotopic (exact) mass is 642 g/mol. The Bertz CT molecular complexity index is 2100. The summed E-state index contributed by atoms with van der Waals surface area (Å²) in [6.07, 6.45) is 4.06. The summed E-state index contributed by atoms with van der Waals surface area (Å²) in [6.45, 7) is 1.52. The smallest absolute Gasteiger partial charge is 0.330 e. The van der Waals surface area contributed by atoms with Gasteiger partial charge in [-0.1, -0.05) is 24.3 Å². The fourth-order valence-electron chi connectivity index (χ4n) is 7.13. The molecule has 2 aliphatic heterocycles. The summed E-state index contributed by atoms with van der Waals surface area (Å²) >= 11 is 0. The molecule has 1 spiro atoms. The average molecular weight is 643 g/mol. The van der Waals surface area contributed by atoms with Gasteiger partial charge in [-0.25, -0.2) is 18.6 Å². The molecule has 7 rings (SSSR count). The van der Waals surface area contributed by atoms with Crippen LogP contribution in [-0.4, -0.2) is 56.6 Å². The van der Waals surface area contributed by atoms with E-state index in [0.29, 0.717) is 18.0 Å². The molecule has 0 radical (unpaired) electrons. The number of carbonyl (C=O) groups is 2. The number of carbonyl (C=O) groups excluding carboxylic acids is 2. The van der Waals surface area contributed by atoms with Gasteiger partial charge in [-0.15, -0.1) is 0 Å². The molecule has 0 saturated carbocycles. The molecule has 47 heavy (non-hydrogen) atoms. The molecular formula is C34H32F2N6O5. The predicted molar refractivity (Wildman–Crippen MR) is 169 cm³/mol. The van der Waals surface area contributed by atoms with Crippen LogP contribution in [0.15, 0.2) is 58.3 Å². The van der Waals surface area contributed by atoms with E-state index in [0.717, 1.165) is 58.8 Å². The van der Waals surface area contributed by atoms with E-state index in [1.165, 1.54) is 45.5 Å². The van der Waals surface area contributed by atoms with E-state index in [1.807, 2.05) is 6.07 Å². The van der Waals surface area contributed by atoms with Gasteiger partial charge in [0.15, 0.2) is 5.82 Å². The second kappa shape index (κ2) is 11.3. The first-order valence-electron chi connectivity index (χ1n) is 15.3. The molecule has 4 aromatic rings. The zero-order chi connectivity index (χ0) is 33.2. The molecule has 2 fully saturated rings. The number of benzene rings is 2. The lowest BCUT2D eigenvalue weighted by molar-refractivity contribution is -0.121. The molecule has 242 valence electrons. The number of halogens is 2. The summed E-state index contributed by atoms with van der Waals surface area (Å²) in [6, 6.07) is 10.7. The van der Waals surface area contributed by atoms with Crippen LogP contribution in [0.3, 0.4) is 0 Å². The van der Waals surface area contributed by atoms with Crippen LogP contribution in [0.25, 0.3) is 22.4 Å². The number of amides is 2. The van der Waals surface area contributed by atoms with E-state index in [2.05, 4.69) is 15.5 Å². The first-order chi connectivity index (χ1) is 22.5. The van der Waals surface area contributed by atoms with E-state index in [1.54, 1.807) is 12.1 Å². The largest absolute Gasteiger partial charge is 0.481 e. The highest BCUT2D eigenvalue weighted by atomic mass is 19.1. The van der Waals surface area contributed by atoms with Crippen LogP contribution >= 0.6 is 0 Å². The quantitative estimate of drug-likeness (QED) is 0.331. The van der Waals surface area contributed by atoms with Gasteiger partial charge in [-0.05, 0) is 43.0 Å². The maximum absolute atomic E-state index is 16.3. The third kappa shape index (κ3) is 5.01. The van der Waals surface area contributed by atoms with Crippen LogP contribution in [0.1, 0.15) is 46.8 Å². The Morgan fingerprint density at radius 1 is 1.02 bits per heavy atom. The van der Waals surface area contributed by atoms with E-state index < -0.39 is 28.8 Å². The highest BCUT2D eigenvalue weighted by Gasteiger charge is 2.51. The van der Waals surface area contributed by atoms with Gasteiger partial charge in [0, 0.05) is 68.1 Å². The summed E-state index contributed by atoms with van der Waals surface area (Å²) in [5.74, 6) is -2.02. The lowest BCUT2D eigenvalue weighted by Gasteiger charge is -2.50. The molecule has 0 unspecified atom stereocenters. The van der Waals surface area contributed by atoms with Crippen LogP contribution in [0.4, 0.5) is 14.5 Å². The number of hydrogen-bond donors (Lipinski definition) is 2. The number of nitrogens with zero attached hydrogens (tertiary/aromatic N) is 4. The number of methoxy groups -OCH3 is 1. The zero-order valence-electron chi connectivity index (χ0n) is 26.0. The zero-order valence-corrected chi connectivity index (χ0v) is 26.0. The van der Waals surface area contributed by atoms with Gasteiger partial charge in [-0.3, -0.25) is 23.9 Å². The first-order valence-corrected chi connectivity index (χ1v) is 15.3. The van der Waals surface area contributed by atoms with Crippen LogP contribution in [0.2, 0.25) is 0 Å². The molecule has 1 atom stereocenters. The van der Waals surface area contributed by atoms with Crippen molar-refractivity contribution < 1.29 is 23.1 Å². The van der Waals surface area contributed by atoms with Gasteiger partial charge >= 0.3 is 5.69 Å². The van der Waals surface area contributed by atoms with Crippen molar-refractivity contribution in [3.63, 3.8) is 0 Å². The lowest BCUT2D eigenvalue weighted by atomic mass is 9.86. The molecule has 2 aromatic carbocycles. The fourth-order valence-corrected chi connectivity index (χ4v) is 7.13. The maximum Gasteiger partial charge on any atom is 0.330 e.